The molecule has 0 radical (unpaired) electrons. The third-order valence-electron chi connectivity index (χ3n) is 4.81. The summed E-state index contributed by atoms with van der Waals surface area (Å²) in [5.41, 5.74) is 2.25. The van der Waals surface area contributed by atoms with Crippen molar-refractivity contribution in [2.75, 3.05) is 7.11 Å². The van der Waals surface area contributed by atoms with Crippen LogP contribution in [0.3, 0.4) is 0 Å². The Hall–Kier alpha value is -4.28. The van der Waals surface area contributed by atoms with E-state index >= 15 is 0 Å². The fourth-order valence-corrected chi connectivity index (χ4v) is 3.32. The second-order valence-corrected chi connectivity index (χ2v) is 7.57. The van der Waals surface area contributed by atoms with Crippen molar-refractivity contribution in [3.8, 4) is 17.6 Å². The van der Waals surface area contributed by atoms with Crippen LogP contribution >= 0.6 is 11.6 Å². The number of nitrogens with zero attached hydrogens (tertiary/aromatic N) is 1. The monoisotopic (exact) mass is 476 g/mol. The van der Waals surface area contributed by atoms with Crippen LogP contribution in [0.1, 0.15) is 27.0 Å². The number of methoxy groups -OCH3 is 1. The number of benzene rings is 3. The number of amides is 1. The van der Waals surface area contributed by atoms with Crippen LogP contribution in [0.4, 0.5) is 0 Å². The first-order valence-electron chi connectivity index (χ1n) is 10.2. The Morgan fingerprint density at radius 1 is 1.09 bits per heavy atom. The molecule has 2 N–H and O–H groups in total. The van der Waals surface area contributed by atoms with E-state index in [4.69, 9.17) is 26.2 Å². The van der Waals surface area contributed by atoms with E-state index in [1.54, 1.807) is 24.3 Å². The molecule has 0 aliphatic carbocycles. The Bertz CT molecular complexity index is 1250. The number of nitrogens with one attached hydrogen (secondary N) is 1. The van der Waals surface area contributed by atoms with Crippen molar-refractivity contribution >= 4 is 29.6 Å². The summed E-state index contributed by atoms with van der Waals surface area (Å²) in [7, 11) is 1.45. The van der Waals surface area contributed by atoms with Gasteiger partial charge in [0.25, 0.3) is 5.91 Å². The molecule has 0 fully saturated rings. The zero-order valence-electron chi connectivity index (χ0n) is 18.2. The third kappa shape index (κ3) is 6.37. The predicted molar refractivity (Wildman–Crippen MR) is 128 cm³/mol. The summed E-state index contributed by atoms with van der Waals surface area (Å²) >= 11 is 6.40. The molecule has 0 aliphatic rings. The van der Waals surface area contributed by atoms with Crippen LogP contribution in [0.15, 0.2) is 72.3 Å². The smallest absolute Gasteiger partial charge is 0.335 e. The van der Waals surface area contributed by atoms with Crippen LogP contribution in [0.2, 0.25) is 5.02 Å². The van der Waals surface area contributed by atoms with Gasteiger partial charge in [-0.1, -0.05) is 54.1 Å². The number of ether oxygens (including phenoxy) is 2. The number of aromatic carboxylic acids is 1. The van der Waals surface area contributed by atoms with E-state index in [9.17, 15) is 14.9 Å². The summed E-state index contributed by atoms with van der Waals surface area (Å²) in [6.07, 6.45) is 1.42. The second kappa shape index (κ2) is 11.5. The molecule has 0 aliphatic heterocycles. The summed E-state index contributed by atoms with van der Waals surface area (Å²) in [4.78, 5) is 23.4. The van der Waals surface area contributed by atoms with E-state index in [1.165, 1.54) is 25.3 Å². The molecule has 0 bridgehead atoms. The molecule has 0 unspecified atom stereocenters. The molecule has 0 atom stereocenters. The van der Waals surface area contributed by atoms with Gasteiger partial charge in [0.05, 0.1) is 17.7 Å². The lowest BCUT2D eigenvalue weighted by atomic mass is 10.1. The minimum absolute atomic E-state index is 0.0822. The number of carbonyl (C=O) groups excluding carboxylic acids is 1. The average molecular weight is 477 g/mol. The van der Waals surface area contributed by atoms with Gasteiger partial charge in [-0.15, -0.1) is 0 Å². The summed E-state index contributed by atoms with van der Waals surface area (Å²) < 4.78 is 11.2. The van der Waals surface area contributed by atoms with Crippen LogP contribution in [0.25, 0.3) is 6.08 Å². The highest BCUT2D eigenvalue weighted by molar-refractivity contribution is 6.32. The summed E-state index contributed by atoms with van der Waals surface area (Å²) in [6, 6.07) is 20.7. The molecule has 0 aromatic heterocycles. The van der Waals surface area contributed by atoms with Gasteiger partial charge in [0, 0.05) is 6.54 Å². The van der Waals surface area contributed by atoms with Crippen molar-refractivity contribution in [1.29, 1.82) is 5.26 Å². The number of rotatable bonds is 9. The molecule has 172 valence electrons. The Balaban J connectivity index is 1.74. The van der Waals surface area contributed by atoms with Gasteiger partial charge in [-0.3, -0.25) is 4.79 Å². The van der Waals surface area contributed by atoms with Gasteiger partial charge in [0.15, 0.2) is 11.5 Å². The molecule has 1 amide bonds. The van der Waals surface area contributed by atoms with Gasteiger partial charge in [-0.25, -0.2) is 4.79 Å². The van der Waals surface area contributed by atoms with E-state index in [1.807, 2.05) is 36.4 Å². The van der Waals surface area contributed by atoms with Crippen molar-refractivity contribution in [2.24, 2.45) is 0 Å². The largest absolute Gasteiger partial charge is 0.493 e. The Labute approximate surface area is 201 Å². The number of hydrogen-bond acceptors (Lipinski definition) is 5. The van der Waals surface area contributed by atoms with Gasteiger partial charge < -0.3 is 19.9 Å². The number of hydrogen-bond donors (Lipinski definition) is 2. The zero-order valence-corrected chi connectivity index (χ0v) is 19.0. The van der Waals surface area contributed by atoms with E-state index in [-0.39, 0.29) is 28.5 Å². The molecule has 0 spiro atoms. The van der Waals surface area contributed by atoms with Gasteiger partial charge in [0.1, 0.15) is 18.2 Å². The van der Waals surface area contributed by atoms with E-state index < -0.39 is 11.9 Å². The van der Waals surface area contributed by atoms with Crippen molar-refractivity contribution in [3.63, 3.8) is 0 Å². The fourth-order valence-electron chi connectivity index (χ4n) is 3.05. The first-order chi connectivity index (χ1) is 16.4. The number of nitriles is 1. The van der Waals surface area contributed by atoms with Gasteiger partial charge >= 0.3 is 5.97 Å². The van der Waals surface area contributed by atoms with Crippen molar-refractivity contribution in [1.82, 2.24) is 5.32 Å². The first-order valence-corrected chi connectivity index (χ1v) is 10.6. The Morgan fingerprint density at radius 2 is 1.79 bits per heavy atom. The molecule has 34 heavy (non-hydrogen) atoms. The zero-order chi connectivity index (χ0) is 24.5. The Morgan fingerprint density at radius 3 is 2.41 bits per heavy atom. The van der Waals surface area contributed by atoms with Crippen molar-refractivity contribution in [2.45, 2.75) is 13.2 Å². The lowest BCUT2D eigenvalue weighted by Gasteiger charge is -2.14. The molecule has 3 rings (SSSR count). The van der Waals surface area contributed by atoms with E-state index in [0.717, 1.165) is 11.1 Å². The maximum Gasteiger partial charge on any atom is 0.335 e. The summed E-state index contributed by atoms with van der Waals surface area (Å²) in [5, 5.41) is 21.4. The van der Waals surface area contributed by atoms with Crippen LogP contribution < -0.4 is 14.8 Å². The number of carbonyl (C=O) groups is 2. The van der Waals surface area contributed by atoms with E-state index in [0.29, 0.717) is 17.9 Å². The highest BCUT2D eigenvalue weighted by Gasteiger charge is 2.14. The molecule has 3 aromatic carbocycles. The average Bonchev–Trinajstić information content (AvgIpc) is 2.85. The van der Waals surface area contributed by atoms with Crippen LogP contribution in [0, 0.1) is 11.3 Å². The standard InChI is InChI=1S/C26H21ClN2O5/c1-33-23-13-19(11-21(14-28)25(30)29-15-17-5-3-2-4-6-17)12-22(27)24(23)34-16-18-7-9-20(10-8-18)26(31)32/h2-13H,15-16H2,1H3,(H,29,30)(H,31,32)/b21-11-. The maximum absolute atomic E-state index is 12.5. The molecule has 0 heterocycles. The minimum atomic E-state index is -1.01. The quantitative estimate of drug-likeness (QED) is 0.337. The molecular formula is C26H21ClN2O5. The van der Waals surface area contributed by atoms with Crippen molar-refractivity contribution < 1.29 is 24.2 Å². The van der Waals surface area contributed by atoms with E-state index in [2.05, 4.69) is 5.32 Å². The van der Waals surface area contributed by atoms with Crippen molar-refractivity contribution in [3.05, 3.63) is 99.6 Å². The number of halogens is 1. The molecule has 0 saturated heterocycles. The maximum atomic E-state index is 12.5. The molecule has 8 heteroatoms. The van der Waals surface area contributed by atoms with Gasteiger partial charge in [0.2, 0.25) is 0 Å². The summed E-state index contributed by atoms with van der Waals surface area (Å²) in [6.45, 7) is 0.430. The molecular weight excluding hydrogens is 456 g/mol. The topological polar surface area (TPSA) is 109 Å². The summed E-state index contributed by atoms with van der Waals surface area (Å²) in [5.74, 6) is -0.906. The number of carboxylic acid groups (broad SMARTS) is 1. The lowest BCUT2D eigenvalue weighted by Crippen LogP contribution is -2.23. The lowest BCUT2D eigenvalue weighted by molar-refractivity contribution is -0.117. The predicted octanol–water partition coefficient (Wildman–Crippen LogP) is 4.85. The molecule has 7 nitrogen and oxygen atoms in total. The Kier molecular flexibility index (Phi) is 8.27. The minimum Gasteiger partial charge on any atom is -0.493 e. The van der Waals surface area contributed by atoms with Crippen LogP contribution in [-0.2, 0) is 17.9 Å². The highest BCUT2D eigenvalue weighted by Crippen LogP contribution is 2.37. The van der Waals surface area contributed by atoms with Gasteiger partial charge in [-0.2, -0.15) is 5.26 Å². The normalized spacial score (nSPS) is 10.8. The van der Waals surface area contributed by atoms with Gasteiger partial charge in [-0.05, 0) is 47.0 Å². The fraction of sp³-hybridized carbons (Fsp3) is 0.115. The SMILES string of the molecule is COc1cc(/C=C(/C#N)C(=O)NCc2ccccc2)cc(Cl)c1OCc1ccc(C(=O)O)cc1. The highest BCUT2D eigenvalue weighted by atomic mass is 35.5. The second-order valence-electron chi connectivity index (χ2n) is 7.16. The third-order valence-corrected chi connectivity index (χ3v) is 5.09. The molecule has 0 saturated carbocycles. The first kappa shape index (κ1) is 24.4. The van der Waals surface area contributed by atoms with Crippen LogP contribution in [0.5, 0.6) is 11.5 Å². The molecule has 3 aromatic rings. The number of carboxylic acids is 1. The van der Waals surface area contributed by atoms with Crippen LogP contribution in [-0.4, -0.2) is 24.1 Å².